The number of amides is 2. The molecule has 20 heavy (non-hydrogen) atoms. The summed E-state index contributed by atoms with van der Waals surface area (Å²) in [4.78, 5) is 17.4. The van der Waals surface area contributed by atoms with Crippen LogP contribution in [-0.2, 0) is 4.74 Å². The Bertz CT molecular complexity index is 443. The molecule has 2 heterocycles. The zero-order valence-corrected chi connectivity index (χ0v) is 13.1. The zero-order valence-electron chi connectivity index (χ0n) is 12.3. The van der Waals surface area contributed by atoms with Crippen LogP contribution in [0.1, 0.15) is 36.1 Å². The third-order valence-electron chi connectivity index (χ3n) is 3.66. The highest BCUT2D eigenvalue weighted by Crippen LogP contribution is 2.20. The molecule has 0 spiro atoms. The van der Waals surface area contributed by atoms with E-state index in [0.29, 0.717) is 12.5 Å². The average molecular weight is 297 g/mol. The van der Waals surface area contributed by atoms with E-state index in [1.54, 1.807) is 11.3 Å². The number of rotatable bonds is 5. The first kappa shape index (κ1) is 15.3. The van der Waals surface area contributed by atoms with Gasteiger partial charge in [-0.15, -0.1) is 11.3 Å². The normalized spacial score (nSPS) is 21.4. The maximum absolute atomic E-state index is 11.9. The predicted octanol–water partition coefficient (Wildman–Crippen LogP) is 2.28. The summed E-state index contributed by atoms with van der Waals surface area (Å²) in [5.74, 6) is 0.671. The molecule has 0 aliphatic carbocycles. The van der Waals surface area contributed by atoms with E-state index >= 15 is 0 Å². The van der Waals surface area contributed by atoms with Crippen LogP contribution in [0.3, 0.4) is 0 Å². The molecule has 0 bridgehead atoms. The number of aromatic nitrogens is 1. The summed E-state index contributed by atoms with van der Waals surface area (Å²) in [5, 5.41) is 6.98. The maximum atomic E-state index is 11.9. The Morgan fingerprint density at radius 2 is 2.40 bits per heavy atom. The Morgan fingerprint density at radius 1 is 1.60 bits per heavy atom. The van der Waals surface area contributed by atoms with Crippen molar-refractivity contribution in [1.29, 1.82) is 0 Å². The molecule has 0 radical (unpaired) electrons. The predicted molar refractivity (Wildman–Crippen MR) is 80.2 cm³/mol. The van der Waals surface area contributed by atoms with Crippen molar-refractivity contribution in [3.63, 3.8) is 0 Å². The molecule has 0 saturated carbocycles. The Kier molecular flexibility index (Phi) is 5.37. The van der Waals surface area contributed by atoms with Crippen LogP contribution in [0.15, 0.2) is 6.20 Å². The molecule has 0 unspecified atom stereocenters. The van der Waals surface area contributed by atoms with E-state index in [1.165, 1.54) is 4.88 Å². The van der Waals surface area contributed by atoms with Gasteiger partial charge in [-0.1, -0.05) is 6.92 Å². The van der Waals surface area contributed by atoms with Crippen LogP contribution in [0.4, 0.5) is 4.79 Å². The summed E-state index contributed by atoms with van der Waals surface area (Å²) in [6, 6.07) is 0.0411. The summed E-state index contributed by atoms with van der Waals surface area (Å²) in [5.41, 5.74) is 0. The monoisotopic (exact) mass is 297 g/mol. The largest absolute Gasteiger partial charge is 0.381 e. The lowest BCUT2D eigenvalue weighted by atomic mass is 10.0. The van der Waals surface area contributed by atoms with Crippen LogP contribution < -0.4 is 10.6 Å². The van der Waals surface area contributed by atoms with Crippen LogP contribution >= 0.6 is 11.3 Å². The summed E-state index contributed by atoms with van der Waals surface area (Å²) in [6.45, 7) is 8.31. The quantitative estimate of drug-likeness (QED) is 0.876. The number of thiazole rings is 1. The van der Waals surface area contributed by atoms with E-state index < -0.39 is 0 Å². The van der Waals surface area contributed by atoms with Gasteiger partial charge in [-0.25, -0.2) is 9.78 Å². The van der Waals surface area contributed by atoms with Crippen LogP contribution in [0.5, 0.6) is 0 Å². The fraction of sp³-hybridized carbons (Fsp3) is 0.714. The third-order valence-corrected chi connectivity index (χ3v) is 4.80. The summed E-state index contributed by atoms with van der Waals surface area (Å²) >= 11 is 1.68. The van der Waals surface area contributed by atoms with Crippen LogP contribution in [0.2, 0.25) is 0 Å². The second-order valence-corrected chi connectivity index (χ2v) is 6.74. The number of hydrogen-bond acceptors (Lipinski definition) is 4. The van der Waals surface area contributed by atoms with Crippen molar-refractivity contribution in [3.05, 3.63) is 16.1 Å². The average Bonchev–Trinajstić information content (AvgIpc) is 3.06. The van der Waals surface area contributed by atoms with Crippen LogP contribution in [0.25, 0.3) is 0 Å². The summed E-state index contributed by atoms with van der Waals surface area (Å²) in [6.07, 6.45) is 2.90. The molecule has 0 aromatic carbocycles. The van der Waals surface area contributed by atoms with E-state index in [2.05, 4.69) is 22.5 Å². The van der Waals surface area contributed by atoms with Gasteiger partial charge in [0.2, 0.25) is 0 Å². The minimum absolute atomic E-state index is 0.107. The lowest BCUT2D eigenvalue weighted by Gasteiger charge is -2.20. The van der Waals surface area contributed by atoms with Gasteiger partial charge >= 0.3 is 6.03 Å². The number of carbonyl (C=O) groups excluding carboxylic acids is 1. The second-order valence-electron chi connectivity index (χ2n) is 5.48. The van der Waals surface area contributed by atoms with E-state index in [0.717, 1.165) is 24.6 Å². The zero-order chi connectivity index (χ0) is 14.5. The van der Waals surface area contributed by atoms with Gasteiger partial charge in [0.05, 0.1) is 11.6 Å². The molecule has 1 fully saturated rings. The third kappa shape index (κ3) is 4.18. The molecule has 2 N–H and O–H groups in total. The molecule has 6 heteroatoms. The number of aryl methyl sites for hydroxylation is 1. The number of nitrogens with zero attached hydrogens (tertiary/aromatic N) is 1. The highest BCUT2D eigenvalue weighted by atomic mass is 32.1. The minimum Gasteiger partial charge on any atom is -0.381 e. The molecule has 1 aliphatic heterocycles. The molecule has 5 nitrogen and oxygen atoms in total. The van der Waals surface area contributed by atoms with Gasteiger partial charge in [0.15, 0.2) is 0 Å². The van der Waals surface area contributed by atoms with Crippen molar-refractivity contribution in [2.24, 2.45) is 5.92 Å². The molecule has 1 aromatic rings. The van der Waals surface area contributed by atoms with Gasteiger partial charge in [0.25, 0.3) is 0 Å². The van der Waals surface area contributed by atoms with Crippen molar-refractivity contribution in [1.82, 2.24) is 15.6 Å². The summed E-state index contributed by atoms with van der Waals surface area (Å²) in [7, 11) is 0. The van der Waals surface area contributed by atoms with Gasteiger partial charge in [0, 0.05) is 42.1 Å². The molecule has 3 atom stereocenters. The Hall–Kier alpha value is -1.14. The smallest absolute Gasteiger partial charge is 0.315 e. The first-order valence-corrected chi connectivity index (χ1v) is 7.92. The van der Waals surface area contributed by atoms with E-state index in [-0.39, 0.29) is 18.0 Å². The van der Waals surface area contributed by atoms with E-state index in [4.69, 9.17) is 4.74 Å². The Labute approximate surface area is 124 Å². The topological polar surface area (TPSA) is 63.2 Å². The summed E-state index contributed by atoms with van der Waals surface area (Å²) < 4.78 is 5.34. The Morgan fingerprint density at radius 3 is 3.00 bits per heavy atom. The number of hydrogen-bond donors (Lipinski definition) is 2. The molecule has 1 saturated heterocycles. The van der Waals surface area contributed by atoms with E-state index in [1.807, 2.05) is 20.0 Å². The van der Waals surface area contributed by atoms with Crippen LogP contribution in [-0.4, -0.2) is 36.8 Å². The standard InChI is InChI=1S/C14H23N3O2S/c1-9(13-15-7-10(2)20-13)6-16-14(18)17-11(3)12-4-5-19-8-12/h7,9,11-12H,4-6,8H2,1-3H3,(H2,16,17,18)/t9-,11-,12+/m1/s1. The van der Waals surface area contributed by atoms with Crippen molar-refractivity contribution in [3.8, 4) is 0 Å². The van der Waals surface area contributed by atoms with Crippen molar-refractivity contribution in [2.75, 3.05) is 19.8 Å². The Balaban J connectivity index is 1.71. The number of urea groups is 1. The minimum atomic E-state index is -0.107. The van der Waals surface area contributed by atoms with Crippen LogP contribution in [0, 0.1) is 12.8 Å². The van der Waals surface area contributed by atoms with Gasteiger partial charge < -0.3 is 15.4 Å². The molecule has 1 aliphatic rings. The molecule has 2 amide bonds. The fourth-order valence-corrected chi connectivity index (χ4v) is 3.08. The lowest BCUT2D eigenvalue weighted by molar-refractivity contribution is 0.178. The molecule has 1 aromatic heterocycles. The number of ether oxygens (including phenoxy) is 1. The fourth-order valence-electron chi connectivity index (χ4n) is 2.26. The molecule has 2 rings (SSSR count). The van der Waals surface area contributed by atoms with E-state index in [9.17, 15) is 4.79 Å². The SMILES string of the molecule is Cc1cnc([C@H](C)CNC(=O)N[C@H](C)[C@H]2CCOC2)s1. The highest BCUT2D eigenvalue weighted by molar-refractivity contribution is 7.11. The molecular formula is C14H23N3O2S. The molecule has 112 valence electrons. The second kappa shape index (κ2) is 7.04. The van der Waals surface area contributed by atoms with Gasteiger partial charge in [0.1, 0.15) is 0 Å². The highest BCUT2D eigenvalue weighted by Gasteiger charge is 2.23. The maximum Gasteiger partial charge on any atom is 0.315 e. The molecular weight excluding hydrogens is 274 g/mol. The number of carbonyl (C=O) groups is 1. The first-order chi connectivity index (χ1) is 9.56. The van der Waals surface area contributed by atoms with Gasteiger partial charge in [-0.05, 0) is 20.3 Å². The van der Waals surface area contributed by atoms with Gasteiger partial charge in [-0.2, -0.15) is 0 Å². The number of nitrogens with one attached hydrogen (secondary N) is 2. The van der Waals surface area contributed by atoms with Crippen molar-refractivity contribution < 1.29 is 9.53 Å². The van der Waals surface area contributed by atoms with Crippen molar-refractivity contribution in [2.45, 2.75) is 39.2 Å². The van der Waals surface area contributed by atoms with Gasteiger partial charge in [-0.3, -0.25) is 0 Å². The first-order valence-electron chi connectivity index (χ1n) is 7.10. The lowest BCUT2D eigenvalue weighted by Crippen LogP contribution is -2.45. The van der Waals surface area contributed by atoms with Crippen molar-refractivity contribution >= 4 is 17.4 Å².